The van der Waals surface area contributed by atoms with Gasteiger partial charge in [0.05, 0.1) is 13.0 Å². The van der Waals surface area contributed by atoms with E-state index in [-0.39, 0.29) is 23.6 Å². The Balaban J connectivity index is 1.57. The number of anilines is 2. The molecule has 0 aromatic heterocycles. The van der Waals surface area contributed by atoms with E-state index in [9.17, 15) is 14.4 Å². The van der Waals surface area contributed by atoms with E-state index >= 15 is 0 Å². The molecule has 0 radical (unpaired) electrons. The van der Waals surface area contributed by atoms with Crippen LogP contribution in [0, 0.1) is 5.92 Å². The first-order chi connectivity index (χ1) is 17.5. The van der Waals surface area contributed by atoms with Crippen molar-refractivity contribution in [3.63, 3.8) is 0 Å². The third kappa shape index (κ3) is 2.34. The molecule has 2 N–H and O–H groups in total. The fourth-order valence-corrected chi connectivity index (χ4v) is 7.44. The van der Waals surface area contributed by atoms with E-state index in [1.165, 1.54) is 0 Å². The van der Waals surface area contributed by atoms with E-state index in [1.807, 2.05) is 48.5 Å². The Labute approximate surface area is 208 Å². The summed E-state index contributed by atoms with van der Waals surface area (Å²) in [6.45, 7) is 0.630. The van der Waals surface area contributed by atoms with Gasteiger partial charge in [-0.2, -0.15) is 0 Å². The van der Waals surface area contributed by atoms with E-state index in [0.29, 0.717) is 29.2 Å². The first-order valence-electron chi connectivity index (χ1n) is 12.3. The van der Waals surface area contributed by atoms with Crippen molar-refractivity contribution in [1.29, 1.82) is 0 Å². The number of fused-ring (bicyclic) bond motifs is 7. The number of ketones is 1. The zero-order valence-electron chi connectivity index (χ0n) is 19.8. The number of Topliss-reactive ketones (excluding diaryl/α,β-unsaturated/α-hetero) is 1. The molecule has 4 atom stereocenters. The molecule has 0 aliphatic carbocycles. The number of methoxy groups -OCH3 is 1. The largest absolute Gasteiger partial charge is 0.497 e. The molecule has 0 saturated carbocycles. The molecule has 3 aromatic carbocycles. The van der Waals surface area contributed by atoms with E-state index < -0.39 is 16.9 Å². The molecule has 7 heteroatoms. The van der Waals surface area contributed by atoms with Crippen molar-refractivity contribution in [3.8, 4) is 5.75 Å². The summed E-state index contributed by atoms with van der Waals surface area (Å²) in [4.78, 5) is 45.2. The Morgan fingerprint density at radius 2 is 1.61 bits per heavy atom. The molecule has 4 aliphatic rings. The minimum atomic E-state index is -1.30. The van der Waals surface area contributed by atoms with Gasteiger partial charge < -0.3 is 15.4 Å². The lowest BCUT2D eigenvalue weighted by molar-refractivity contribution is -0.128. The zero-order chi connectivity index (χ0) is 24.7. The van der Waals surface area contributed by atoms with Gasteiger partial charge in [0.2, 0.25) is 11.8 Å². The number of ether oxygens (including phenoxy) is 1. The standard InChI is InChI=1S/C29H25N3O4/c1-36-18-9-6-8-17(16-18)24(33)25-28(19-10-2-4-12-21(19)30-26(28)34)23-14-7-15-32(23)29(25)20-11-3-5-13-22(20)31-27(29)35/h2-6,8-13,16,23,25H,7,14-15H2,1H3,(H,30,34)(H,31,35). The second-order valence-electron chi connectivity index (χ2n) is 10.0. The summed E-state index contributed by atoms with van der Waals surface area (Å²) in [6, 6.07) is 21.9. The highest BCUT2D eigenvalue weighted by molar-refractivity contribution is 6.18. The van der Waals surface area contributed by atoms with Crippen LogP contribution in [0.2, 0.25) is 0 Å². The average Bonchev–Trinajstić information content (AvgIpc) is 3.62. The lowest BCUT2D eigenvalue weighted by Gasteiger charge is -2.38. The molecule has 4 heterocycles. The first kappa shape index (κ1) is 21.3. The van der Waals surface area contributed by atoms with Crippen LogP contribution >= 0.6 is 0 Å². The monoisotopic (exact) mass is 479 g/mol. The smallest absolute Gasteiger partial charge is 0.250 e. The molecular formula is C29H25N3O4. The number of rotatable bonds is 3. The van der Waals surface area contributed by atoms with Crippen LogP contribution in [0.1, 0.15) is 34.3 Å². The van der Waals surface area contributed by atoms with Gasteiger partial charge in [-0.05, 0) is 49.2 Å². The second-order valence-corrected chi connectivity index (χ2v) is 10.0. The fourth-order valence-electron chi connectivity index (χ4n) is 7.44. The fraction of sp³-hybridized carbons (Fsp3) is 0.276. The van der Waals surface area contributed by atoms with Gasteiger partial charge in [0.1, 0.15) is 16.7 Å². The molecule has 4 aliphatic heterocycles. The average molecular weight is 480 g/mol. The zero-order valence-corrected chi connectivity index (χ0v) is 19.8. The number of carbonyl (C=O) groups excluding carboxylic acids is 3. The highest BCUT2D eigenvalue weighted by Gasteiger charge is 2.78. The highest BCUT2D eigenvalue weighted by Crippen LogP contribution is 2.66. The van der Waals surface area contributed by atoms with Crippen molar-refractivity contribution in [1.82, 2.24) is 4.90 Å². The normalized spacial score (nSPS) is 29.7. The predicted molar refractivity (Wildman–Crippen MR) is 134 cm³/mol. The SMILES string of the molecule is COc1cccc(C(=O)C2C3(C(=O)Nc4ccccc43)C3CCCN3C23C(=O)Nc2ccccc23)c1. The van der Waals surface area contributed by atoms with Gasteiger partial charge in [-0.25, -0.2) is 0 Å². The third-order valence-corrected chi connectivity index (χ3v) is 8.65. The van der Waals surface area contributed by atoms with Crippen LogP contribution in [-0.4, -0.2) is 42.2 Å². The van der Waals surface area contributed by atoms with Gasteiger partial charge in [0.15, 0.2) is 5.78 Å². The van der Waals surface area contributed by atoms with Crippen LogP contribution in [0.25, 0.3) is 0 Å². The van der Waals surface area contributed by atoms with Crippen molar-refractivity contribution < 1.29 is 19.1 Å². The molecule has 2 spiro atoms. The van der Waals surface area contributed by atoms with Crippen LogP contribution in [0.4, 0.5) is 11.4 Å². The molecule has 2 fully saturated rings. The molecule has 3 aromatic rings. The van der Waals surface area contributed by atoms with Crippen molar-refractivity contribution in [2.75, 3.05) is 24.3 Å². The Morgan fingerprint density at radius 3 is 2.39 bits per heavy atom. The molecule has 2 saturated heterocycles. The minimum absolute atomic E-state index is 0.212. The highest BCUT2D eigenvalue weighted by atomic mass is 16.5. The van der Waals surface area contributed by atoms with Gasteiger partial charge in [-0.1, -0.05) is 48.5 Å². The Morgan fingerprint density at radius 1 is 0.917 bits per heavy atom. The van der Waals surface area contributed by atoms with Gasteiger partial charge in [-0.15, -0.1) is 0 Å². The quantitative estimate of drug-likeness (QED) is 0.560. The molecule has 36 heavy (non-hydrogen) atoms. The van der Waals surface area contributed by atoms with Crippen LogP contribution in [-0.2, 0) is 20.5 Å². The summed E-state index contributed by atoms with van der Waals surface area (Å²) in [5, 5.41) is 6.13. The van der Waals surface area contributed by atoms with E-state index in [1.54, 1.807) is 31.4 Å². The summed E-state index contributed by atoms with van der Waals surface area (Å²) in [7, 11) is 1.56. The lowest BCUT2D eigenvalue weighted by Crippen LogP contribution is -2.55. The number of hydrogen-bond donors (Lipinski definition) is 2. The summed E-state index contributed by atoms with van der Waals surface area (Å²) in [6.07, 6.45) is 1.57. The van der Waals surface area contributed by atoms with E-state index in [2.05, 4.69) is 15.5 Å². The number of nitrogens with zero attached hydrogens (tertiary/aromatic N) is 1. The van der Waals surface area contributed by atoms with Crippen LogP contribution in [0.15, 0.2) is 72.8 Å². The van der Waals surface area contributed by atoms with E-state index in [4.69, 9.17) is 4.74 Å². The van der Waals surface area contributed by atoms with Gasteiger partial charge >= 0.3 is 0 Å². The third-order valence-electron chi connectivity index (χ3n) is 8.65. The number of amides is 2. The number of nitrogens with one attached hydrogen (secondary N) is 2. The number of para-hydroxylation sites is 2. The van der Waals surface area contributed by atoms with Gasteiger partial charge in [0.25, 0.3) is 0 Å². The van der Waals surface area contributed by atoms with Crippen LogP contribution in [0.5, 0.6) is 5.75 Å². The van der Waals surface area contributed by atoms with Crippen molar-refractivity contribution >= 4 is 29.0 Å². The number of hydrogen-bond acceptors (Lipinski definition) is 5. The molecule has 4 unspecified atom stereocenters. The number of benzene rings is 3. The Bertz CT molecular complexity index is 1390. The Hall–Kier alpha value is -3.97. The van der Waals surface area contributed by atoms with Crippen molar-refractivity contribution in [2.45, 2.75) is 29.8 Å². The topological polar surface area (TPSA) is 87.7 Å². The summed E-state index contributed by atoms with van der Waals surface area (Å²) in [5.41, 5.74) is 0.879. The molecule has 2 amide bonds. The molecule has 180 valence electrons. The predicted octanol–water partition coefficient (Wildman–Crippen LogP) is 3.71. The van der Waals surface area contributed by atoms with Crippen LogP contribution < -0.4 is 15.4 Å². The molecule has 7 rings (SSSR count). The first-order valence-corrected chi connectivity index (χ1v) is 12.3. The minimum Gasteiger partial charge on any atom is -0.497 e. The molecule has 0 bridgehead atoms. The summed E-state index contributed by atoms with van der Waals surface area (Å²) in [5.74, 6) is -1.10. The maximum Gasteiger partial charge on any atom is 0.250 e. The number of carbonyl (C=O) groups is 3. The van der Waals surface area contributed by atoms with Gasteiger partial charge in [-0.3, -0.25) is 19.3 Å². The van der Waals surface area contributed by atoms with Crippen LogP contribution in [0.3, 0.4) is 0 Å². The lowest BCUT2D eigenvalue weighted by atomic mass is 9.60. The second kappa shape index (κ2) is 7.27. The summed E-state index contributed by atoms with van der Waals surface area (Å²) < 4.78 is 5.41. The van der Waals surface area contributed by atoms with Gasteiger partial charge in [0, 0.05) is 28.5 Å². The maximum absolute atomic E-state index is 14.7. The molecular weight excluding hydrogens is 454 g/mol. The van der Waals surface area contributed by atoms with Crippen molar-refractivity contribution in [3.05, 3.63) is 89.5 Å². The summed E-state index contributed by atoms with van der Waals surface area (Å²) >= 11 is 0. The molecule has 7 nitrogen and oxygen atoms in total. The maximum atomic E-state index is 14.7. The van der Waals surface area contributed by atoms with E-state index in [0.717, 1.165) is 24.0 Å². The van der Waals surface area contributed by atoms with Crippen molar-refractivity contribution in [2.24, 2.45) is 5.92 Å². The Kier molecular flexibility index (Phi) is 4.31.